The lowest BCUT2D eigenvalue weighted by Gasteiger charge is -2.28. The number of sulfone groups is 1. The Bertz CT molecular complexity index is 877. The molecule has 8 nitrogen and oxygen atoms in total. The van der Waals surface area contributed by atoms with Crippen LogP contribution in [-0.2, 0) is 21.7 Å². The number of amides is 1. The van der Waals surface area contributed by atoms with Crippen molar-refractivity contribution in [1.82, 2.24) is 19.7 Å². The van der Waals surface area contributed by atoms with Gasteiger partial charge in [-0.15, -0.1) is 10.2 Å². The van der Waals surface area contributed by atoms with Crippen LogP contribution in [0.4, 0.5) is 0 Å². The van der Waals surface area contributed by atoms with E-state index in [-0.39, 0.29) is 29.2 Å². The third-order valence-electron chi connectivity index (χ3n) is 4.62. The third kappa shape index (κ3) is 4.73. The average molecular weight is 413 g/mol. The number of thioether (sulfide) groups is 1. The molecule has 27 heavy (non-hydrogen) atoms. The first kappa shape index (κ1) is 19.9. The van der Waals surface area contributed by atoms with Crippen molar-refractivity contribution in [2.75, 3.05) is 23.8 Å². The lowest BCUT2D eigenvalue weighted by atomic mass is 10.2. The van der Waals surface area contributed by atoms with Gasteiger partial charge in [-0.2, -0.15) is 0 Å². The van der Waals surface area contributed by atoms with Gasteiger partial charge in [0.1, 0.15) is 0 Å². The zero-order valence-electron chi connectivity index (χ0n) is 15.5. The van der Waals surface area contributed by atoms with E-state index >= 15 is 0 Å². The van der Waals surface area contributed by atoms with Crippen LogP contribution in [-0.4, -0.2) is 63.8 Å². The summed E-state index contributed by atoms with van der Waals surface area (Å²) in [5, 5.41) is 8.87. The number of unbranched alkanes of at least 4 members (excludes halogenated alkanes) is 1. The van der Waals surface area contributed by atoms with Crippen molar-refractivity contribution < 1.29 is 17.6 Å². The SMILES string of the molecule is CCCCN(C(=O)CSc1nnc(-c2ccco2)n1C)[C@@H]1CCS(=O)(=O)C1. The topological polar surface area (TPSA) is 98.3 Å². The predicted molar refractivity (Wildman–Crippen MR) is 103 cm³/mol. The van der Waals surface area contributed by atoms with E-state index in [9.17, 15) is 13.2 Å². The molecule has 10 heteroatoms. The summed E-state index contributed by atoms with van der Waals surface area (Å²) >= 11 is 1.30. The minimum Gasteiger partial charge on any atom is -0.461 e. The molecule has 0 N–H and O–H groups in total. The van der Waals surface area contributed by atoms with Crippen LogP contribution >= 0.6 is 11.8 Å². The number of hydrogen-bond acceptors (Lipinski definition) is 7. The number of nitrogens with zero attached hydrogens (tertiary/aromatic N) is 4. The van der Waals surface area contributed by atoms with Crippen molar-refractivity contribution >= 4 is 27.5 Å². The molecule has 1 aliphatic heterocycles. The van der Waals surface area contributed by atoms with Gasteiger partial charge in [-0.25, -0.2) is 8.42 Å². The fourth-order valence-electron chi connectivity index (χ4n) is 3.13. The molecule has 0 radical (unpaired) electrons. The predicted octanol–water partition coefficient (Wildman–Crippen LogP) is 1.98. The Labute approximate surface area is 163 Å². The maximum Gasteiger partial charge on any atom is 0.233 e. The molecule has 1 amide bonds. The molecule has 3 heterocycles. The maximum atomic E-state index is 12.8. The van der Waals surface area contributed by atoms with E-state index in [0.717, 1.165) is 12.8 Å². The minimum absolute atomic E-state index is 0.0573. The minimum atomic E-state index is -3.03. The van der Waals surface area contributed by atoms with Crippen LogP contribution < -0.4 is 0 Å². The van der Waals surface area contributed by atoms with Gasteiger partial charge in [-0.05, 0) is 25.0 Å². The second-order valence-corrected chi connectivity index (χ2v) is 9.80. The molecule has 0 saturated carbocycles. The Morgan fingerprint density at radius 2 is 2.26 bits per heavy atom. The fraction of sp³-hybridized carbons (Fsp3) is 0.588. The van der Waals surface area contributed by atoms with Crippen LogP contribution in [0.5, 0.6) is 0 Å². The lowest BCUT2D eigenvalue weighted by Crippen LogP contribution is -2.42. The van der Waals surface area contributed by atoms with Crippen LogP contribution in [0.1, 0.15) is 26.2 Å². The van der Waals surface area contributed by atoms with Gasteiger partial charge in [0.2, 0.25) is 5.91 Å². The summed E-state index contributed by atoms with van der Waals surface area (Å²) in [5.74, 6) is 1.59. The largest absolute Gasteiger partial charge is 0.461 e. The molecule has 0 unspecified atom stereocenters. The molecule has 1 aliphatic rings. The Morgan fingerprint density at radius 1 is 1.44 bits per heavy atom. The van der Waals surface area contributed by atoms with Crippen molar-refractivity contribution in [3.63, 3.8) is 0 Å². The molecule has 0 bridgehead atoms. The van der Waals surface area contributed by atoms with Crippen molar-refractivity contribution in [1.29, 1.82) is 0 Å². The highest BCUT2D eigenvalue weighted by atomic mass is 32.2. The molecule has 0 aromatic carbocycles. The molecular weight excluding hydrogens is 388 g/mol. The van der Waals surface area contributed by atoms with E-state index < -0.39 is 9.84 Å². The fourth-order valence-corrected chi connectivity index (χ4v) is 5.66. The van der Waals surface area contributed by atoms with Gasteiger partial charge in [0.15, 0.2) is 26.6 Å². The van der Waals surface area contributed by atoms with Gasteiger partial charge in [-0.3, -0.25) is 4.79 Å². The smallest absolute Gasteiger partial charge is 0.233 e. The van der Waals surface area contributed by atoms with Gasteiger partial charge >= 0.3 is 0 Å². The number of carbonyl (C=O) groups excluding carboxylic acids is 1. The molecule has 1 atom stereocenters. The second kappa shape index (κ2) is 8.47. The molecule has 148 valence electrons. The molecule has 0 spiro atoms. The first-order valence-electron chi connectivity index (χ1n) is 8.97. The number of furan rings is 1. The molecule has 2 aromatic heterocycles. The number of rotatable bonds is 8. The number of aromatic nitrogens is 3. The van der Waals surface area contributed by atoms with Crippen molar-refractivity contribution in [3.8, 4) is 11.6 Å². The summed E-state index contributed by atoms with van der Waals surface area (Å²) < 4.78 is 30.7. The summed E-state index contributed by atoms with van der Waals surface area (Å²) in [6.07, 6.45) is 3.91. The Hall–Kier alpha value is -1.81. The van der Waals surface area contributed by atoms with Crippen LogP contribution in [0.15, 0.2) is 28.0 Å². The van der Waals surface area contributed by atoms with Crippen LogP contribution in [0.3, 0.4) is 0 Å². The van der Waals surface area contributed by atoms with Crippen LogP contribution in [0.2, 0.25) is 0 Å². The summed E-state index contributed by atoms with van der Waals surface area (Å²) in [4.78, 5) is 14.5. The quantitative estimate of drug-likeness (QED) is 0.611. The maximum absolute atomic E-state index is 12.8. The summed E-state index contributed by atoms with van der Waals surface area (Å²) in [6.45, 7) is 2.64. The van der Waals surface area contributed by atoms with Crippen molar-refractivity contribution in [3.05, 3.63) is 18.4 Å². The van der Waals surface area contributed by atoms with E-state index in [1.165, 1.54) is 11.8 Å². The van der Waals surface area contributed by atoms with Gasteiger partial charge < -0.3 is 13.9 Å². The number of hydrogen-bond donors (Lipinski definition) is 0. The molecule has 1 saturated heterocycles. The zero-order valence-corrected chi connectivity index (χ0v) is 17.1. The summed E-state index contributed by atoms with van der Waals surface area (Å²) in [5.41, 5.74) is 0. The zero-order chi connectivity index (χ0) is 19.4. The molecule has 2 aromatic rings. The van der Waals surface area contributed by atoms with Crippen LogP contribution in [0, 0.1) is 0 Å². The lowest BCUT2D eigenvalue weighted by molar-refractivity contribution is -0.130. The van der Waals surface area contributed by atoms with Crippen LogP contribution in [0.25, 0.3) is 11.6 Å². The van der Waals surface area contributed by atoms with E-state index in [1.807, 2.05) is 7.05 Å². The first-order valence-corrected chi connectivity index (χ1v) is 11.8. The van der Waals surface area contributed by atoms with E-state index in [1.54, 1.807) is 27.9 Å². The highest BCUT2D eigenvalue weighted by Gasteiger charge is 2.34. The highest BCUT2D eigenvalue weighted by molar-refractivity contribution is 7.99. The highest BCUT2D eigenvalue weighted by Crippen LogP contribution is 2.24. The van der Waals surface area contributed by atoms with E-state index in [0.29, 0.717) is 29.7 Å². The van der Waals surface area contributed by atoms with E-state index in [4.69, 9.17) is 4.42 Å². The van der Waals surface area contributed by atoms with Gasteiger partial charge in [0.25, 0.3) is 0 Å². The number of carbonyl (C=O) groups is 1. The Kier molecular flexibility index (Phi) is 6.25. The van der Waals surface area contributed by atoms with E-state index in [2.05, 4.69) is 17.1 Å². The molecule has 0 aliphatic carbocycles. The average Bonchev–Trinajstić information content (AvgIpc) is 3.34. The molecule has 3 rings (SSSR count). The second-order valence-electron chi connectivity index (χ2n) is 6.63. The van der Waals surface area contributed by atoms with Gasteiger partial charge in [0.05, 0.1) is 23.5 Å². The normalized spacial score (nSPS) is 18.7. The monoisotopic (exact) mass is 412 g/mol. The van der Waals surface area contributed by atoms with Gasteiger partial charge in [0, 0.05) is 19.6 Å². The third-order valence-corrected chi connectivity index (χ3v) is 7.38. The Balaban J connectivity index is 1.66. The standard InChI is InChI=1S/C17H24N4O4S2/c1-3-4-8-21(13-7-10-27(23,24)12-13)15(22)11-26-17-19-18-16(20(17)2)14-6-5-9-25-14/h5-6,9,13H,3-4,7-8,10-12H2,1-2H3/t13-/m1/s1. The molecule has 1 fully saturated rings. The van der Waals surface area contributed by atoms with Crippen molar-refractivity contribution in [2.45, 2.75) is 37.4 Å². The van der Waals surface area contributed by atoms with Gasteiger partial charge in [-0.1, -0.05) is 25.1 Å². The first-order chi connectivity index (χ1) is 12.9. The molecular formula is C17H24N4O4S2. The summed E-state index contributed by atoms with van der Waals surface area (Å²) in [6, 6.07) is 3.37. The Morgan fingerprint density at radius 3 is 2.89 bits per heavy atom. The van der Waals surface area contributed by atoms with Crippen molar-refractivity contribution in [2.24, 2.45) is 7.05 Å². The summed E-state index contributed by atoms with van der Waals surface area (Å²) in [7, 11) is -1.21.